The second-order valence-corrected chi connectivity index (χ2v) is 8.73. The number of non-ortho nitro benzene ring substituents is 1. The van der Waals surface area contributed by atoms with E-state index >= 15 is 0 Å². The van der Waals surface area contributed by atoms with Crippen LogP contribution in [0.2, 0.25) is 0 Å². The molecule has 0 N–H and O–H groups in total. The normalized spacial score (nSPS) is 15.8. The molecule has 3 aromatic carbocycles. The molecular formula is C27H19N3O4S. The number of nitrogens with zero attached hydrogens (tertiary/aromatic N) is 3. The first-order chi connectivity index (χ1) is 17.1. The first kappa shape index (κ1) is 22.4. The van der Waals surface area contributed by atoms with Crippen molar-refractivity contribution in [2.45, 2.75) is 6.54 Å². The summed E-state index contributed by atoms with van der Waals surface area (Å²) in [5, 5.41) is 11.5. The van der Waals surface area contributed by atoms with Crippen molar-refractivity contribution >= 4 is 40.3 Å². The number of amidine groups is 1. The highest BCUT2D eigenvalue weighted by molar-refractivity contribution is 8.18. The van der Waals surface area contributed by atoms with E-state index in [1.807, 2.05) is 60.7 Å². The number of carbonyl (C=O) groups excluding carboxylic acids is 1. The minimum atomic E-state index is -0.444. The lowest BCUT2D eigenvalue weighted by molar-refractivity contribution is -0.384. The molecule has 1 aliphatic heterocycles. The third kappa shape index (κ3) is 5.07. The van der Waals surface area contributed by atoms with Crippen molar-refractivity contribution in [2.24, 2.45) is 4.99 Å². The number of amides is 1. The molecular weight excluding hydrogens is 462 g/mol. The molecule has 1 saturated heterocycles. The number of nitro groups is 1. The monoisotopic (exact) mass is 481 g/mol. The Morgan fingerprint density at radius 3 is 2.29 bits per heavy atom. The van der Waals surface area contributed by atoms with Crippen LogP contribution < -0.4 is 0 Å². The van der Waals surface area contributed by atoms with Crippen LogP contribution in [0.15, 0.2) is 111 Å². The van der Waals surface area contributed by atoms with Crippen LogP contribution in [0.25, 0.3) is 17.4 Å². The number of carbonyl (C=O) groups is 1. The minimum absolute atomic E-state index is 0.0133. The summed E-state index contributed by atoms with van der Waals surface area (Å²) in [6.07, 6.45) is 1.70. The van der Waals surface area contributed by atoms with Gasteiger partial charge >= 0.3 is 0 Å². The van der Waals surface area contributed by atoms with Gasteiger partial charge in [0.25, 0.3) is 11.6 Å². The van der Waals surface area contributed by atoms with Gasteiger partial charge in [-0.05, 0) is 53.7 Å². The SMILES string of the molecule is O=C1C(=Cc2ccc(-c3ccc([N+](=O)[O-])cc3)o2)SC(=Nc2ccccc2)N1Cc1ccccc1. The van der Waals surface area contributed by atoms with E-state index in [4.69, 9.17) is 9.41 Å². The van der Waals surface area contributed by atoms with Gasteiger partial charge in [-0.25, -0.2) is 4.99 Å². The molecule has 5 rings (SSSR count). The maximum atomic E-state index is 13.3. The molecule has 0 saturated carbocycles. The third-order valence-corrected chi connectivity index (χ3v) is 6.32. The lowest BCUT2D eigenvalue weighted by atomic mass is 10.1. The summed E-state index contributed by atoms with van der Waals surface area (Å²) in [4.78, 5) is 30.7. The van der Waals surface area contributed by atoms with Crippen molar-refractivity contribution in [3.8, 4) is 11.3 Å². The zero-order valence-electron chi connectivity index (χ0n) is 18.4. The van der Waals surface area contributed by atoms with Crippen LogP contribution in [0.1, 0.15) is 11.3 Å². The summed E-state index contributed by atoms with van der Waals surface area (Å²) in [5.41, 5.74) is 2.49. The number of rotatable bonds is 6. The van der Waals surface area contributed by atoms with Gasteiger partial charge in [0.15, 0.2) is 5.17 Å². The zero-order valence-corrected chi connectivity index (χ0v) is 19.2. The summed E-state index contributed by atoms with van der Waals surface area (Å²) >= 11 is 1.30. The van der Waals surface area contributed by atoms with Crippen molar-refractivity contribution in [1.29, 1.82) is 0 Å². The number of thioether (sulfide) groups is 1. The lowest BCUT2D eigenvalue weighted by Gasteiger charge is -2.15. The van der Waals surface area contributed by atoms with Crippen LogP contribution in [0, 0.1) is 10.1 Å². The maximum absolute atomic E-state index is 13.3. The predicted octanol–water partition coefficient (Wildman–Crippen LogP) is 6.66. The van der Waals surface area contributed by atoms with Crippen molar-refractivity contribution < 1.29 is 14.1 Å². The number of para-hydroxylation sites is 1. The highest BCUT2D eigenvalue weighted by Crippen LogP contribution is 2.36. The molecule has 35 heavy (non-hydrogen) atoms. The molecule has 0 bridgehead atoms. The van der Waals surface area contributed by atoms with E-state index in [1.165, 1.54) is 23.9 Å². The van der Waals surface area contributed by atoms with E-state index in [0.717, 1.165) is 11.3 Å². The first-order valence-corrected chi connectivity index (χ1v) is 11.6. The van der Waals surface area contributed by atoms with E-state index in [9.17, 15) is 14.9 Å². The van der Waals surface area contributed by atoms with Crippen molar-refractivity contribution in [3.63, 3.8) is 0 Å². The van der Waals surface area contributed by atoms with Gasteiger partial charge in [0, 0.05) is 23.8 Å². The molecule has 0 aliphatic carbocycles. The Bertz CT molecular complexity index is 1430. The van der Waals surface area contributed by atoms with Gasteiger partial charge < -0.3 is 4.42 Å². The molecule has 1 amide bonds. The Morgan fingerprint density at radius 1 is 0.914 bits per heavy atom. The molecule has 8 heteroatoms. The number of benzene rings is 3. The summed E-state index contributed by atoms with van der Waals surface area (Å²) in [7, 11) is 0. The molecule has 0 spiro atoms. The highest BCUT2D eigenvalue weighted by atomic mass is 32.2. The largest absolute Gasteiger partial charge is 0.457 e. The van der Waals surface area contributed by atoms with Crippen LogP contribution in [0.4, 0.5) is 11.4 Å². The second kappa shape index (κ2) is 9.82. The smallest absolute Gasteiger partial charge is 0.269 e. The van der Waals surface area contributed by atoms with E-state index in [0.29, 0.717) is 33.7 Å². The second-order valence-electron chi connectivity index (χ2n) is 7.72. The number of nitro benzene ring substituents is 1. The summed E-state index contributed by atoms with van der Waals surface area (Å²) in [6.45, 7) is 0.405. The summed E-state index contributed by atoms with van der Waals surface area (Å²) in [5.74, 6) is 0.915. The standard InChI is InChI=1S/C27H19N3O4S/c31-26-25(17-23-15-16-24(34-23)20-11-13-22(14-12-20)30(32)33)35-27(28-21-9-5-2-6-10-21)29(26)18-19-7-3-1-4-8-19/h1-17H,18H2. The fourth-order valence-corrected chi connectivity index (χ4v) is 4.55. The molecule has 1 aliphatic rings. The van der Waals surface area contributed by atoms with Gasteiger partial charge in [0.1, 0.15) is 11.5 Å². The fourth-order valence-electron chi connectivity index (χ4n) is 3.57. The van der Waals surface area contributed by atoms with Crippen molar-refractivity contribution in [1.82, 2.24) is 4.90 Å². The van der Waals surface area contributed by atoms with Gasteiger partial charge in [-0.15, -0.1) is 0 Å². The minimum Gasteiger partial charge on any atom is -0.457 e. The average molecular weight is 482 g/mol. The molecule has 2 heterocycles. The Hall–Kier alpha value is -4.43. The Labute approximate surface area is 205 Å². The van der Waals surface area contributed by atoms with Crippen LogP contribution in [0.3, 0.4) is 0 Å². The van der Waals surface area contributed by atoms with Gasteiger partial charge in [-0.3, -0.25) is 19.8 Å². The Balaban J connectivity index is 1.43. The average Bonchev–Trinajstić information content (AvgIpc) is 3.46. The molecule has 7 nitrogen and oxygen atoms in total. The van der Waals surface area contributed by atoms with E-state index in [1.54, 1.807) is 35.2 Å². The highest BCUT2D eigenvalue weighted by Gasteiger charge is 2.33. The number of hydrogen-bond acceptors (Lipinski definition) is 6. The van der Waals surface area contributed by atoms with Gasteiger partial charge in [-0.1, -0.05) is 48.5 Å². The van der Waals surface area contributed by atoms with E-state index in [2.05, 4.69) is 0 Å². The first-order valence-electron chi connectivity index (χ1n) is 10.8. The molecule has 1 fully saturated rings. The van der Waals surface area contributed by atoms with Crippen molar-refractivity contribution in [3.05, 3.63) is 123 Å². The number of furan rings is 1. The van der Waals surface area contributed by atoms with Crippen LogP contribution in [-0.4, -0.2) is 20.9 Å². The summed E-state index contributed by atoms with van der Waals surface area (Å²) < 4.78 is 5.92. The number of aliphatic imine (C=N–C) groups is 1. The van der Waals surface area contributed by atoms with Crippen LogP contribution >= 0.6 is 11.8 Å². The Morgan fingerprint density at radius 2 is 1.60 bits per heavy atom. The van der Waals surface area contributed by atoms with Gasteiger partial charge in [0.2, 0.25) is 0 Å². The Kier molecular flexibility index (Phi) is 6.28. The molecule has 0 unspecified atom stereocenters. The molecule has 4 aromatic rings. The van der Waals surface area contributed by atoms with Gasteiger partial charge in [-0.2, -0.15) is 0 Å². The quantitative estimate of drug-likeness (QED) is 0.175. The third-order valence-electron chi connectivity index (χ3n) is 5.32. The number of hydrogen-bond donors (Lipinski definition) is 0. The fraction of sp³-hybridized carbons (Fsp3) is 0.0370. The molecule has 0 radical (unpaired) electrons. The maximum Gasteiger partial charge on any atom is 0.269 e. The van der Waals surface area contributed by atoms with Crippen molar-refractivity contribution in [2.75, 3.05) is 0 Å². The molecule has 1 aromatic heterocycles. The zero-order chi connectivity index (χ0) is 24.2. The molecule has 172 valence electrons. The predicted molar refractivity (Wildman–Crippen MR) is 137 cm³/mol. The van der Waals surface area contributed by atoms with Crippen LogP contribution in [0.5, 0.6) is 0 Å². The van der Waals surface area contributed by atoms with E-state index in [-0.39, 0.29) is 11.6 Å². The topological polar surface area (TPSA) is 88.9 Å². The van der Waals surface area contributed by atoms with E-state index < -0.39 is 4.92 Å². The van der Waals surface area contributed by atoms with Gasteiger partial charge in [0.05, 0.1) is 22.1 Å². The summed E-state index contributed by atoms with van der Waals surface area (Å²) in [6, 6.07) is 29.0. The molecule has 0 atom stereocenters. The van der Waals surface area contributed by atoms with Crippen LogP contribution in [-0.2, 0) is 11.3 Å². The lowest BCUT2D eigenvalue weighted by Crippen LogP contribution is -2.28.